The van der Waals surface area contributed by atoms with Crippen LogP contribution in [0.4, 0.5) is 39.5 Å². The molecule has 2 atom stereocenters. The Morgan fingerprint density at radius 3 is 1.98 bits per heavy atom. The van der Waals surface area contributed by atoms with E-state index in [-0.39, 0.29) is 80.0 Å². The van der Waals surface area contributed by atoms with Crippen molar-refractivity contribution < 1.29 is 103 Å². The fourth-order valence-electron chi connectivity index (χ4n) is 3.17. The van der Waals surface area contributed by atoms with Gasteiger partial charge in [-0.25, -0.2) is 0 Å². The molecule has 7 nitrogen and oxygen atoms in total. The van der Waals surface area contributed by atoms with Gasteiger partial charge in [-0.3, -0.25) is 14.6 Å². The minimum atomic E-state index is -6.92. The third-order valence-electron chi connectivity index (χ3n) is 5.66. The van der Waals surface area contributed by atoms with Crippen molar-refractivity contribution in [3.05, 3.63) is 0 Å². The topological polar surface area (TPSA) is 94.1 Å². The molecular formula is C22H32F9NaO7S. The Hall–Kier alpha value is -0.460. The molecule has 0 saturated carbocycles. The molecule has 0 amide bonds. The zero-order valence-electron chi connectivity index (χ0n) is 22.3. The van der Waals surface area contributed by atoms with Gasteiger partial charge in [0.2, 0.25) is 0 Å². The Balaban J connectivity index is 0. The van der Waals surface area contributed by atoms with Crippen LogP contribution in [-0.2, 0) is 28.4 Å². The first-order valence-corrected chi connectivity index (χ1v) is 12.9. The minimum Gasteiger partial charge on any atom is -0.691 e. The van der Waals surface area contributed by atoms with Gasteiger partial charge in [-0.15, -0.1) is 0 Å². The molecule has 232 valence electrons. The Morgan fingerprint density at radius 2 is 1.45 bits per heavy atom. The van der Waals surface area contributed by atoms with E-state index in [0.717, 1.165) is 25.7 Å². The predicted molar refractivity (Wildman–Crippen MR) is 117 cm³/mol. The molecule has 0 bridgehead atoms. The van der Waals surface area contributed by atoms with Gasteiger partial charge in [-0.2, -0.15) is 43.8 Å². The molecule has 0 aliphatic rings. The fraction of sp³-hybridized carbons (Fsp3) is 0.909. The molecule has 0 N–H and O–H groups in total. The van der Waals surface area contributed by atoms with Crippen molar-refractivity contribution in [2.75, 3.05) is 13.2 Å². The quantitative estimate of drug-likeness (QED) is 0.0361. The summed E-state index contributed by atoms with van der Waals surface area (Å²) in [5, 5.41) is 11.9. The van der Waals surface area contributed by atoms with Gasteiger partial charge in [0, 0.05) is 18.5 Å². The van der Waals surface area contributed by atoms with Crippen molar-refractivity contribution in [3.63, 3.8) is 0 Å². The van der Waals surface area contributed by atoms with Gasteiger partial charge in [-0.05, 0) is 25.2 Å². The summed E-state index contributed by atoms with van der Waals surface area (Å²) in [5.74, 6) is -20.9. The van der Waals surface area contributed by atoms with Crippen LogP contribution in [0.3, 0.4) is 0 Å². The third kappa shape index (κ3) is 13.7. The average Bonchev–Trinajstić information content (AvgIpc) is 2.84. The van der Waals surface area contributed by atoms with E-state index in [9.17, 15) is 54.4 Å². The molecule has 0 aliphatic heterocycles. The number of halogens is 9. The van der Waals surface area contributed by atoms with Crippen LogP contribution in [-0.4, -0.2) is 54.3 Å². The van der Waals surface area contributed by atoms with E-state index in [1.54, 1.807) is 0 Å². The SMILES string of the molecule is CCCCC(CC)COC(=O)CC(SOO[O-])C(=O)OCCCCCCC(F)(F)C(F)(F)C(F)(F)C(F)(F)F.[Na+]. The molecular weight excluding hydrogens is 602 g/mol. The van der Waals surface area contributed by atoms with Gasteiger partial charge in [0.05, 0.1) is 19.6 Å². The van der Waals surface area contributed by atoms with Crippen molar-refractivity contribution in [1.29, 1.82) is 0 Å². The van der Waals surface area contributed by atoms with Crippen molar-refractivity contribution in [1.82, 2.24) is 0 Å². The zero-order chi connectivity index (χ0) is 30.3. The van der Waals surface area contributed by atoms with Crippen molar-refractivity contribution in [2.24, 2.45) is 5.92 Å². The molecule has 18 heteroatoms. The average molecular weight is 635 g/mol. The number of alkyl halides is 9. The van der Waals surface area contributed by atoms with Crippen LogP contribution < -0.4 is 34.8 Å². The van der Waals surface area contributed by atoms with Crippen LogP contribution in [0.1, 0.15) is 78.1 Å². The van der Waals surface area contributed by atoms with Gasteiger partial charge in [-0.1, -0.05) is 46.0 Å². The summed E-state index contributed by atoms with van der Waals surface area (Å²) >= 11 is 0.187. The first-order chi connectivity index (χ1) is 18.0. The maximum absolute atomic E-state index is 13.5. The monoisotopic (exact) mass is 634 g/mol. The maximum Gasteiger partial charge on any atom is 1.00 e. The normalized spacial score (nSPS) is 14.3. The number of unbranched alkanes of at least 4 members (excludes halogenated alkanes) is 4. The summed E-state index contributed by atoms with van der Waals surface area (Å²) in [6.45, 7) is 3.71. The standard InChI is InChI=1S/C22H33F9O7S.Na/c1-3-5-10-15(4-2)14-36-17(32)13-16(39-38-37-34)18(33)35-12-9-7-6-8-11-19(23,24)20(25,26)21(27,28)22(29,30)31;/h15-16,34H,3-14H2,1-2H3;/q;+1/p-1. The van der Waals surface area contributed by atoms with Gasteiger partial charge in [0.1, 0.15) is 5.25 Å². The van der Waals surface area contributed by atoms with Crippen molar-refractivity contribution in [2.45, 2.75) is 107 Å². The number of ether oxygens (including phenoxy) is 2. The van der Waals surface area contributed by atoms with Gasteiger partial charge >= 0.3 is 65.4 Å². The summed E-state index contributed by atoms with van der Waals surface area (Å²) in [7, 11) is 0. The second kappa shape index (κ2) is 19.7. The largest absolute Gasteiger partial charge is 1.00 e. The van der Waals surface area contributed by atoms with Gasteiger partial charge < -0.3 is 14.7 Å². The summed E-state index contributed by atoms with van der Waals surface area (Å²) in [6, 6.07) is 0. The molecule has 0 aromatic carbocycles. The van der Waals surface area contributed by atoms with E-state index in [2.05, 4.69) is 9.37 Å². The molecule has 0 aromatic rings. The third-order valence-corrected chi connectivity index (χ3v) is 6.39. The molecule has 0 heterocycles. The molecule has 0 aliphatic carbocycles. The molecule has 0 aromatic heterocycles. The Bertz CT molecular complexity index is 731. The second-order valence-electron chi connectivity index (χ2n) is 8.71. The maximum atomic E-state index is 13.5. The molecule has 0 fully saturated rings. The molecule has 40 heavy (non-hydrogen) atoms. The smallest absolute Gasteiger partial charge is 0.691 e. The van der Waals surface area contributed by atoms with Crippen LogP contribution in [0.5, 0.6) is 0 Å². The Morgan fingerprint density at radius 1 is 0.850 bits per heavy atom. The molecule has 0 radical (unpaired) electrons. The number of hydrogen-bond donors (Lipinski definition) is 0. The molecule has 0 saturated heterocycles. The number of rotatable bonds is 21. The molecule has 0 spiro atoms. The van der Waals surface area contributed by atoms with Crippen LogP contribution in [0.25, 0.3) is 0 Å². The Labute approximate surface area is 252 Å². The number of hydrogen-bond acceptors (Lipinski definition) is 8. The summed E-state index contributed by atoms with van der Waals surface area (Å²) in [6.07, 6.45) is -7.00. The van der Waals surface area contributed by atoms with Crippen LogP contribution in [0.2, 0.25) is 0 Å². The molecule has 2 unspecified atom stereocenters. The van der Waals surface area contributed by atoms with E-state index in [4.69, 9.17) is 9.47 Å². The van der Waals surface area contributed by atoms with Crippen molar-refractivity contribution >= 4 is 24.0 Å². The summed E-state index contributed by atoms with van der Waals surface area (Å²) in [4.78, 5) is 24.3. The second-order valence-corrected chi connectivity index (χ2v) is 9.60. The van der Waals surface area contributed by atoms with E-state index in [1.807, 2.05) is 13.8 Å². The summed E-state index contributed by atoms with van der Waals surface area (Å²) in [5.41, 5.74) is 0. The fourth-order valence-corrected chi connectivity index (χ4v) is 3.65. The van der Waals surface area contributed by atoms with E-state index in [0.29, 0.717) is 0 Å². The number of carbonyl (C=O) groups excluding carboxylic acids is 2. The first kappa shape index (κ1) is 41.7. The van der Waals surface area contributed by atoms with E-state index in [1.165, 1.54) is 0 Å². The van der Waals surface area contributed by atoms with Gasteiger partial charge in [0.15, 0.2) is 0 Å². The van der Waals surface area contributed by atoms with Crippen molar-refractivity contribution in [3.8, 4) is 0 Å². The number of esters is 2. The van der Waals surface area contributed by atoms with Crippen LogP contribution >= 0.6 is 12.0 Å². The van der Waals surface area contributed by atoms with Crippen LogP contribution in [0, 0.1) is 5.92 Å². The van der Waals surface area contributed by atoms with E-state index >= 15 is 0 Å². The zero-order valence-corrected chi connectivity index (χ0v) is 25.1. The number of carbonyl (C=O) groups is 2. The van der Waals surface area contributed by atoms with Gasteiger partial charge in [0.25, 0.3) is 0 Å². The summed E-state index contributed by atoms with van der Waals surface area (Å²) < 4.78 is 130. The first-order valence-electron chi connectivity index (χ1n) is 12.1. The Kier molecular flexibility index (Phi) is 20.5. The van der Waals surface area contributed by atoms with Crippen LogP contribution in [0.15, 0.2) is 0 Å². The molecule has 0 rings (SSSR count). The predicted octanol–water partition coefficient (Wildman–Crippen LogP) is 3.34. The van der Waals surface area contributed by atoms with E-state index < -0.39 is 60.4 Å². The minimum absolute atomic E-state index is 0.